The van der Waals surface area contributed by atoms with Crippen molar-refractivity contribution in [1.29, 1.82) is 0 Å². The van der Waals surface area contributed by atoms with Crippen LogP contribution in [-0.2, 0) is 7.05 Å². The second-order valence-electron chi connectivity index (χ2n) is 7.34. The van der Waals surface area contributed by atoms with Gasteiger partial charge < -0.3 is 14.6 Å². The fourth-order valence-corrected chi connectivity index (χ4v) is 4.31. The summed E-state index contributed by atoms with van der Waals surface area (Å²) in [5, 5.41) is 11.0. The van der Waals surface area contributed by atoms with Crippen LogP contribution in [0, 0.1) is 12.3 Å². The topological polar surface area (TPSA) is 45.5 Å². The van der Waals surface area contributed by atoms with Crippen molar-refractivity contribution in [2.75, 3.05) is 19.7 Å². The lowest BCUT2D eigenvalue weighted by Crippen LogP contribution is -2.48. The van der Waals surface area contributed by atoms with Gasteiger partial charge in [-0.15, -0.1) is 0 Å². The Kier molecular flexibility index (Phi) is 4.68. The molecule has 1 unspecified atom stereocenters. The van der Waals surface area contributed by atoms with Crippen LogP contribution in [-0.4, -0.2) is 40.2 Å². The van der Waals surface area contributed by atoms with Crippen molar-refractivity contribution >= 4 is 16.8 Å². The third kappa shape index (κ3) is 2.84. The quantitative estimate of drug-likeness (QED) is 0.933. The highest BCUT2D eigenvalue weighted by molar-refractivity contribution is 5.99. The summed E-state index contributed by atoms with van der Waals surface area (Å²) in [4.78, 5) is 15.1. The molecule has 0 saturated carbocycles. The SMILES string of the molecule is CCCC1(CO)CCCN(C(=O)c2cc3cccc(C)c3n2C)C1. The summed E-state index contributed by atoms with van der Waals surface area (Å²) < 4.78 is 2.02. The molecule has 0 radical (unpaired) electrons. The van der Waals surface area contributed by atoms with Crippen molar-refractivity contribution in [3.8, 4) is 0 Å². The molecular formula is C20H28N2O2. The van der Waals surface area contributed by atoms with Crippen LogP contribution >= 0.6 is 0 Å². The Hall–Kier alpha value is -1.81. The van der Waals surface area contributed by atoms with Crippen LogP contribution in [0.1, 0.15) is 48.7 Å². The smallest absolute Gasteiger partial charge is 0.270 e. The number of carbonyl (C=O) groups excluding carboxylic acids is 1. The number of para-hydroxylation sites is 1. The molecule has 0 bridgehead atoms. The van der Waals surface area contributed by atoms with Crippen molar-refractivity contribution in [3.05, 3.63) is 35.5 Å². The number of nitrogens with zero attached hydrogens (tertiary/aromatic N) is 2. The minimum atomic E-state index is -0.122. The monoisotopic (exact) mass is 328 g/mol. The number of aromatic nitrogens is 1. The number of likely N-dealkylation sites (tertiary alicyclic amines) is 1. The third-order valence-corrected chi connectivity index (χ3v) is 5.54. The van der Waals surface area contributed by atoms with Crippen LogP contribution in [0.2, 0.25) is 0 Å². The fourth-order valence-electron chi connectivity index (χ4n) is 4.31. The van der Waals surface area contributed by atoms with E-state index < -0.39 is 0 Å². The van der Waals surface area contributed by atoms with Gasteiger partial charge in [-0.2, -0.15) is 0 Å². The molecule has 3 rings (SSSR count). The summed E-state index contributed by atoms with van der Waals surface area (Å²) in [7, 11) is 1.97. The molecule has 1 N–H and O–H groups in total. The number of aliphatic hydroxyl groups excluding tert-OH is 1. The molecule has 4 heteroatoms. The Morgan fingerprint density at radius 3 is 2.83 bits per heavy atom. The Balaban J connectivity index is 1.92. The minimum absolute atomic E-state index is 0.0849. The zero-order valence-corrected chi connectivity index (χ0v) is 15.0. The molecule has 1 aliphatic heterocycles. The van der Waals surface area contributed by atoms with Crippen LogP contribution in [0.3, 0.4) is 0 Å². The van der Waals surface area contributed by atoms with Gasteiger partial charge in [-0.25, -0.2) is 0 Å². The van der Waals surface area contributed by atoms with E-state index in [0.717, 1.165) is 48.8 Å². The lowest BCUT2D eigenvalue weighted by molar-refractivity contribution is 0.0217. The van der Waals surface area contributed by atoms with Gasteiger partial charge in [0.15, 0.2) is 0 Å². The van der Waals surface area contributed by atoms with Crippen molar-refractivity contribution in [3.63, 3.8) is 0 Å². The predicted molar refractivity (Wildman–Crippen MR) is 97.2 cm³/mol. The summed E-state index contributed by atoms with van der Waals surface area (Å²) in [6.07, 6.45) is 3.99. The molecule has 4 nitrogen and oxygen atoms in total. The number of benzene rings is 1. The summed E-state index contributed by atoms with van der Waals surface area (Å²) in [5.41, 5.74) is 2.93. The van der Waals surface area contributed by atoms with Gasteiger partial charge in [-0.1, -0.05) is 31.5 Å². The first-order chi connectivity index (χ1) is 11.5. The molecular weight excluding hydrogens is 300 g/mol. The number of piperidine rings is 1. The number of rotatable bonds is 4. The number of carbonyl (C=O) groups is 1. The van der Waals surface area contributed by atoms with Gasteiger partial charge in [0.25, 0.3) is 5.91 Å². The molecule has 1 amide bonds. The van der Waals surface area contributed by atoms with Crippen LogP contribution in [0.25, 0.3) is 10.9 Å². The maximum absolute atomic E-state index is 13.1. The molecule has 0 aliphatic carbocycles. The number of hydrogen-bond donors (Lipinski definition) is 1. The van der Waals surface area contributed by atoms with Gasteiger partial charge in [-0.05, 0) is 37.8 Å². The Labute approximate surface area is 144 Å². The minimum Gasteiger partial charge on any atom is -0.396 e. The van der Waals surface area contributed by atoms with E-state index in [9.17, 15) is 9.90 Å². The van der Waals surface area contributed by atoms with E-state index >= 15 is 0 Å². The van der Waals surface area contributed by atoms with Crippen LogP contribution in [0.15, 0.2) is 24.3 Å². The van der Waals surface area contributed by atoms with Gasteiger partial charge in [0.2, 0.25) is 0 Å². The van der Waals surface area contributed by atoms with Crippen molar-refractivity contribution in [1.82, 2.24) is 9.47 Å². The van der Waals surface area contributed by atoms with E-state index in [2.05, 4.69) is 26.0 Å². The van der Waals surface area contributed by atoms with E-state index in [1.165, 1.54) is 5.56 Å². The summed E-state index contributed by atoms with van der Waals surface area (Å²) in [6, 6.07) is 8.17. The van der Waals surface area contributed by atoms with E-state index in [4.69, 9.17) is 0 Å². The predicted octanol–water partition coefficient (Wildman–Crippen LogP) is 3.50. The van der Waals surface area contributed by atoms with Gasteiger partial charge >= 0.3 is 0 Å². The Morgan fingerprint density at radius 1 is 1.38 bits per heavy atom. The van der Waals surface area contributed by atoms with Crippen molar-refractivity contribution in [2.24, 2.45) is 12.5 Å². The second-order valence-corrected chi connectivity index (χ2v) is 7.34. The van der Waals surface area contributed by atoms with Gasteiger partial charge in [-0.3, -0.25) is 4.79 Å². The molecule has 24 heavy (non-hydrogen) atoms. The maximum Gasteiger partial charge on any atom is 0.270 e. The van der Waals surface area contributed by atoms with Crippen molar-refractivity contribution in [2.45, 2.75) is 39.5 Å². The number of fused-ring (bicyclic) bond motifs is 1. The molecule has 1 aromatic carbocycles. The summed E-state index contributed by atoms with van der Waals surface area (Å²) >= 11 is 0. The average molecular weight is 328 g/mol. The zero-order valence-electron chi connectivity index (χ0n) is 15.0. The lowest BCUT2D eigenvalue weighted by atomic mass is 9.77. The first-order valence-corrected chi connectivity index (χ1v) is 8.96. The maximum atomic E-state index is 13.1. The summed E-state index contributed by atoms with van der Waals surface area (Å²) in [5.74, 6) is 0.0849. The number of aliphatic hydroxyl groups is 1. The van der Waals surface area contributed by atoms with E-state index in [0.29, 0.717) is 6.54 Å². The molecule has 1 aromatic heterocycles. The van der Waals surface area contributed by atoms with E-state index in [1.807, 2.05) is 28.6 Å². The first kappa shape index (κ1) is 17.0. The van der Waals surface area contributed by atoms with Crippen LogP contribution in [0.4, 0.5) is 0 Å². The molecule has 0 spiro atoms. The highest BCUT2D eigenvalue weighted by Gasteiger charge is 2.36. The standard InChI is InChI=1S/C20H28N2O2/c1-4-9-20(14-23)10-6-11-22(13-20)19(24)17-12-16-8-5-7-15(2)18(16)21(17)3/h5,7-8,12,23H,4,6,9-11,13-14H2,1-3H3. The van der Waals surface area contributed by atoms with Crippen LogP contribution in [0.5, 0.6) is 0 Å². The van der Waals surface area contributed by atoms with E-state index in [1.54, 1.807) is 0 Å². The molecule has 130 valence electrons. The lowest BCUT2D eigenvalue weighted by Gasteiger charge is -2.41. The molecule has 1 saturated heterocycles. The number of hydrogen-bond acceptors (Lipinski definition) is 2. The zero-order chi connectivity index (χ0) is 17.3. The van der Waals surface area contributed by atoms with Gasteiger partial charge in [0.1, 0.15) is 5.69 Å². The van der Waals surface area contributed by atoms with Crippen LogP contribution < -0.4 is 0 Å². The second kappa shape index (κ2) is 6.60. The Bertz CT molecular complexity index is 745. The number of aryl methyl sites for hydroxylation is 2. The van der Waals surface area contributed by atoms with Gasteiger partial charge in [0.05, 0.1) is 12.1 Å². The highest BCUT2D eigenvalue weighted by Crippen LogP contribution is 2.35. The Morgan fingerprint density at radius 2 is 2.17 bits per heavy atom. The first-order valence-electron chi connectivity index (χ1n) is 8.96. The molecule has 1 aliphatic rings. The molecule has 1 fully saturated rings. The molecule has 1 atom stereocenters. The normalized spacial score (nSPS) is 21.4. The molecule has 2 heterocycles. The largest absolute Gasteiger partial charge is 0.396 e. The number of amides is 1. The average Bonchev–Trinajstić information content (AvgIpc) is 2.93. The van der Waals surface area contributed by atoms with Crippen molar-refractivity contribution < 1.29 is 9.90 Å². The third-order valence-electron chi connectivity index (χ3n) is 5.54. The highest BCUT2D eigenvalue weighted by atomic mass is 16.3. The summed E-state index contributed by atoms with van der Waals surface area (Å²) in [6.45, 7) is 5.83. The van der Waals surface area contributed by atoms with Gasteiger partial charge in [0, 0.05) is 30.9 Å². The fraction of sp³-hybridized carbons (Fsp3) is 0.550. The van der Waals surface area contributed by atoms with E-state index in [-0.39, 0.29) is 17.9 Å². The molecule has 2 aromatic rings.